The summed E-state index contributed by atoms with van der Waals surface area (Å²) in [6, 6.07) is 5.07. The van der Waals surface area contributed by atoms with E-state index in [9.17, 15) is 14.4 Å². The summed E-state index contributed by atoms with van der Waals surface area (Å²) < 4.78 is 10.6. The average Bonchev–Trinajstić information content (AvgIpc) is 3.59. The van der Waals surface area contributed by atoms with Gasteiger partial charge in [-0.25, -0.2) is 0 Å². The minimum atomic E-state index is -0.464. The van der Waals surface area contributed by atoms with Crippen LogP contribution in [0.1, 0.15) is 64.6 Å². The van der Waals surface area contributed by atoms with Gasteiger partial charge in [-0.2, -0.15) is 0 Å². The lowest BCUT2D eigenvalue weighted by Crippen LogP contribution is -2.45. The first-order chi connectivity index (χ1) is 17.6. The highest BCUT2D eigenvalue weighted by Gasteiger charge is 2.31. The average molecular weight is 512 g/mol. The molecule has 0 bridgehead atoms. The Balaban J connectivity index is 1.13. The van der Waals surface area contributed by atoms with E-state index < -0.39 is 5.91 Å². The molecule has 0 unspecified atom stereocenters. The Morgan fingerprint density at radius 1 is 1.08 bits per heavy atom. The molecule has 3 amide bonds. The van der Waals surface area contributed by atoms with Gasteiger partial charge in [-0.05, 0) is 57.1 Å². The van der Waals surface area contributed by atoms with E-state index in [4.69, 9.17) is 9.47 Å². The molecule has 5 rings (SSSR count). The molecule has 1 saturated heterocycles. The topological polar surface area (TPSA) is 123 Å². The number of anilines is 1. The number of benzene rings is 1. The first kappa shape index (κ1) is 24.2. The summed E-state index contributed by atoms with van der Waals surface area (Å²) in [6.45, 7) is 1.67. The predicted molar refractivity (Wildman–Crippen MR) is 133 cm³/mol. The molecule has 2 aliphatic heterocycles. The van der Waals surface area contributed by atoms with Gasteiger partial charge in [0.15, 0.2) is 11.5 Å². The van der Waals surface area contributed by atoms with Gasteiger partial charge in [0.2, 0.25) is 22.7 Å². The highest BCUT2D eigenvalue weighted by Crippen LogP contribution is 2.34. The van der Waals surface area contributed by atoms with E-state index in [-0.39, 0.29) is 34.5 Å². The summed E-state index contributed by atoms with van der Waals surface area (Å²) in [5.41, 5.74) is 1.95. The maximum Gasteiger partial charge on any atom is 0.286 e. The Morgan fingerprint density at radius 3 is 2.81 bits per heavy atom. The van der Waals surface area contributed by atoms with Crippen LogP contribution < -0.4 is 20.1 Å². The largest absolute Gasteiger partial charge is 0.454 e. The smallest absolute Gasteiger partial charge is 0.286 e. The fourth-order valence-electron chi connectivity index (χ4n) is 4.69. The number of hydrogen-bond acceptors (Lipinski definition) is 8. The van der Waals surface area contributed by atoms with E-state index in [0.29, 0.717) is 36.8 Å². The summed E-state index contributed by atoms with van der Waals surface area (Å²) in [6.07, 6.45) is 9.42. The van der Waals surface area contributed by atoms with E-state index in [2.05, 4.69) is 26.9 Å². The van der Waals surface area contributed by atoms with E-state index in [1.54, 1.807) is 23.1 Å². The van der Waals surface area contributed by atoms with Crippen molar-refractivity contribution in [3.63, 3.8) is 0 Å². The standard InChI is InChI=1S/C25H29N5O5S/c31-21(26-11-10-16-5-2-1-3-6-16)17-7-4-12-30(14-17)25(33)24-29-28-23(36-24)22(32)27-18-8-9-19-20(13-18)35-15-34-19/h5,8-9,13,17H,1-4,6-7,10-12,14-15H2,(H,26,31)(H,27,32)/t17-/m1/s1. The van der Waals surface area contributed by atoms with Crippen LogP contribution in [0.5, 0.6) is 11.5 Å². The fourth-order valence-corrected chi connectivity index (χ4v) is 5.40. The SMILES string of the molecule is O=C(Nc1ccc2c(c1)OCO2)c1nnc(C(=O)N2CCC[C@@H](C(=O)NCCC3=CCCCC3)C2)s1. The first-order valence-electron chi connectivity index (χ1n) is 12.4. The van der Waals surface area contributed by atoms with Crippen LogP contribution in [0.3, 0.4) is 0 Å². The van der Waals surface area contributed by atoms with Gasteiger partial charge in [0, 0.05) is 31.4 Å². The van der Waals surface area contributed by atoms with Crippen LogP contribution in [0.15, 0.2) is 29.8 Å². The van der Waals surface area contributed by atoms with Crippen LogP contribution in [0, 0.1) is 5.92 Å². The molecule has 0 radical (unpaired) electrons. The quantitative estimate of drug-likeness (QED) is 0.547. The van der Waals surface area contributed by atoms with Crippen LogP contribution in [-0.4, -0.2) is 59.2 Å². The minimum absolute atomic E-state index is 0.00929. The van der Waals surface area contributed by atoms with Gasteiger partial charge in [0.05, 0.1) is 5.92 Å². The summed E-state index contributed by atoms with van der Waals surface area (Å²) in [5.74, 6) is 0.145. The molecule has 1 aliphatic carbocycles. The molecule has 0 spiro atoms. The van der Waals surface area contributed by atoms with Crippen molar-refractivity contribution in [3.8, 4) is 11.5 Å². The van der Waals surface area contributed by atoms with Crippen LogP contribution in [0.2, 0.25) is 0 Å². The molecule has 11 heteroatoms. The molecule has 3 heterocycles. The van der Waals surface area contributed by atoms with Crippen molar-refractivity contribution in [1.82, 2.24) is 20.4 Å². The van der Waals surface area contributed by atoms with Crippen molar-refractivity contribution in [2.45, 2.75) is 44.9 Å². The lowest BCUT2D eigenvalue weighted by molar-refractivity contribution is -0.126. The van der Waals surface area contributed by atoms with Gasteiger partial charge in [0.25, 0.3) is 11.8 Å². The summed E-state index contributed by atoms with van der Waals surface area (Å²) in [5, 5.41) is 13.9. The molecule has 1 aromatic carbocycles. The number of nitrogens with one attached hydrogen (secondary N) is 2. The summed E-state index contributed by atoms with van der Waals surface area (Å²) in [4.78, 5) is 40.0. The van der Waals surface area contributed by atoms with E-state index >= 15 is 0 Å². The van der Waals surface area contributed by atoms with E-state index in [1.807, 2.05) is 0 Å². The molecule has 1 fully saturated rings. The number of amides is 3. The fraction of sp³-hybridized carbons (Fsp3) is 0.480. The number of rotatable bonds is 7. The lowest BCUT2D eigenvalue weighted by Gasteiger charge is -2.31. The highest BCUT2D eigenvalue weighted by atomic mass is 32.1. The number of ether oxygens (including phenoxy) is 2. The number of allylic oxidation sites excluding steroid dienone is 1. The number of carbonyl (C=O) groups excluding carboxylic acids is 3. The third-order valence-corrected chi connectivity index (χ3v) is 7.55. The van der Waals surface area contributed by atoms with Crippen molar-refractivity contribution in [2.75, 3.05) is 31.7 Å². The molecule has 2 aromatic rings. The summed E-state index contributed by atoms with van der Waals surface area (Å²) in [7, 11) is 0. The van der Waals surface area contributed by atoms with Gasteiger partial charge in [-0.1, -0.05) is 23.0 Å². The lowest BCUT2D eigenvalue weighted by atomic mass is 9.96. The Bertz CT molecular complexity index is 1180. The monoisotopic (exact) mass is 511 g/mol. The Hall–Kier alpha value is -3.47. The van der Waals surface area contributed by atoms with Crippen molar-refractivity contribution in [1.29, 1.82) is 0 Å². The maximum absolute atomic E-state index is 13.0. The number of likely N-dealkylation sites (tertiary alicyclic amines) is 1. The van der Waals surface area contributed by atoms with Crippen molar-refractivity contribution < 1.29 is 23.9 Å². The van der Waals surface area contributed by atoms with Gasteiger partial charge >= 0.3 is 0 Å². The molecule has 1 aromatic heterocycles. The van der Waals surface area contributed by atoms with E-state index in [0.717, 1.165) is 43.4 Å². The molecule has 2 N–H and O–H groups in total. The van der Waals surface area contributed by atoms with Crippen LogP contribution in [0.25, 0.3) is 0 Å². The first-order valence-corrected chi connectivity index (χ1v) is 13.2. The molecule has 0 saturated carbocycles. The second-order valence-electron chi connectivity index (χ2n) is 9.17. The zero-order valence-corrected chi connectivity index (χ0v) is 20.8. The van der Waals surface area contributed by atoms with Crippen molar-refractivity contribution >= 4 is 34.7 Å². The Morgan fingerprint density at radius 2 is 1.94 bits per heavy atom. The number of nitrogens with zero attached hydrogens (tertiary/aromatic N) is 3. The number of aromatic nitrogens is 2. The van der Waals surface area contributed by atoms with Crippen molar-refractivity contribution in [2.24, 2.45) is 5.92 Å². The Labute approximate surface area is 213 Å². The van der Waals surface area contributed by atoms with Crippen molar-refractivity contribution in [3.05, 3.63) is 39.9 Å². The number of hydrogen-bond donors (Lipinski definition) is 2. The second kappa shape index (κ2) is 11.1. The second-order valence-corrected chi connectivity index (χ2v) is 10.2. The van der Waals surface area contributed by atoms with E-state index in [1.165, 1.54) is 18.4 Å². The molecular weight excluding hydrogens is 482 g/mol. The van der Waals surface area contributed by atoms with Crippen LogP contribution >= 0.6 is 11.3 Å². The number of carbonyl (C=O) groups is 3. The van der Waals surface area contributed by atoms with Crippen LogP contribution in [-0.2, 0) is 4.79 Å². The third-order valence-electron chi connectivity index (χ3n) is 6.64. The maximum atomic E-state index is 13.0. The zero-order valence-electron chi connectivity index (χ0n) is 20.0. The predicted octanol–water partition coefficient (Wildman–Crippen LogP) is 3.38. The van der Waals surface area contributed by atoms with Gasteiger partial charge in [-0.15, -0.1) is 10.2 Å². The molecular formula is C25H29N5O5S. The normalized spacial score (nSPS) is 18.9. The number of piperidine rings is 1. The highest BCUT2D eigenvalue weighted by molar-refractivity contribution is 7.15. The van der Waals surface area contributed by atoms with Crippen LogP contribution in [0.4, 0.5) is 5.69 Å². The molecule has 1 atom stereocenters. The molecule has 3 aliphatic rings. The molecule has 190 valence electrons. The molecule has 10 nitrogen and oxygen atoms in total. The summed E-state index contributed by atoms with van der Waals surface area (Å²) >= 11 is 0.939. The third kappa shape index (κ3) is 5.67. The molecule has 36 heavy (non-hydrogen) atoms. The Kier molecular flexibility index (Phi) is 7.45. The van der Waals surface area contributed by atoms with Gasteiger partial charge in [-0.3, -0.25) is 14.4 Å². The number of fused-ring (bicyclic) bond motifs is 1. The van der Waals surface area contributed by atoms with Gasteiger partial charge in [0.1, 0.15) is 0 Å². The zero-order chi connectivity index (χ0) is 24.9. The van der Waals surface area contributed by atoms with Gasteiger partial charge < -0.3 is 25.0 Å². The minimum Gasteiger partial charge on any atom is -0.454 e.